The first-order chi connectivity index (χ1) is 7.48. The van der Waals surface area contributed by atoms with E-state index in [1.54, 1.807) is 18.4 Å². The molecule has 0 spiro atoms. The van der Waals surface area contributed by atoms with Gasteiger partial charge in [0.1, 0.15) is 5.01 Å². The number of aromatic nitrogens is 1. The van der Waals surface area contributed by atoms with Crippen LogP contribution in [0.15, 0.2) is 5.38 Å². The monoisotopic (exact) mass is 242 g/mol. The lowest BCUT2D eigenvalue weighted by Crippen LogP contribution is -2.44. The van der Waals surface area contributed by atoms with E-state index >= 15 is 0 Å². The smallest absolute Gasteiger partial charge is 0.113 e. The van der Waals surface area contributed by atoms with Gasteiger partial charge in [0, 0.05) is 30.8 Å². The number of thiazole rings is 1. The molecule has 1 atom stereocenters. The average molecular weight is 242 g/mol. The number of hydrogen-bond acceptors (Lipinski definition) is 4. The van der Waals surface area contributed by atoms with Crippen molar-refractivity contribution in [3.8, 4) is 0 Å². The Bertz CT molecular complexity index is 325. The molecule has 1 unspecified atom stereocenters. The molecule has 1 N–H and O–H groups in total. The molecule has 0 aliphatic rings. The van der Waals surface area contributed by atoms with Crippen LogP contribution >= 0.6 is 11.3 Å². The van der Waals surface area contributed by atoms with E-state index in [0.29, 0.717) is 6.04 Å². The van der Waals surface area contributed by atoms with Gasteiger partial charge in [0.05, 0.1) is 5.54 Å². The fourth-order valence-electron chi connectivity index (χ4n) is 1.79. The highest BCUT2D eigenvalue weighted by molar-refractivity contribution is 7.09. The van der Waals surface area contributed by atoms with Crippen LogP contribution in [0.4, 0.5) is 0 Å². The summed E-state index contributed by atoms with van der Waals surface area (Å²) >= 11 is 1.72. The number of nitrogens with one attached hydrogen (secondary N) is 1. The summed E-state index contributed by atoms with van der Waals surface area (Å²) in [5.41, 5.74) is 1.01. The van der Waals surface area contributed by atoms with Crippen LogP contribution in [-0.2, 0) is 10.3 Å². The predicted molar refractivity (Wildman–Crippen MR) is 69.0 cm³/mol. The summed E-state index contributed by atoms with van der Waals surface area (Å²) in [5, 5.41) is 6.84. The Labute approximate surface area is 102 Å². The molecule has 0 radical (unpaired) electrons. The maximum Gasteiger partial charge on any atom is 0.113 e. The summed E-state index contributed by atoms with van der Waals surface area (Å²) in [6, 6.07) is 0.436. The molecule has 0 aliphatic carbocycles. The van der Waals surface area contributed by atoms with Crippen molar-refractivity contribution in [3.05, 3.63) is 16.1 Å². The molecule has 0 saturated heterocycles. The van der Waals surface area contributed by atoms with Gasteiger partial charge in [-0.15, -0.1) is 11.3 Å². The molecule has 4 heteroatoms. The van der Waals surface area contributed by atoms with Crippen molar-refractivity contribution in [1.82, 2.24) is 10.3 Å². The molecule has 0 aromatic carbocycles. The number of aryl methyl sites for hydroxylation is 1. The molecule has 3 nitrogen and oxygen atoms in total. The van der Waals surface area contributed by atoms with E-state index in [0.717, 1.165) is 23.7 Å². The maximum absolute atomic E-state index is 5.18. The van der Waals surface area contributed by atoms with Crippen molar-refractivity contribution in [3.63, 3.8) is 0 Å². The predicted octanol–water partition coefficient (Wildman–Crippen LogP) is 2.70. The van der Waals surface area contributed by atoms with E-state index in [1.165, 1.54) is 0 Å². The van der Waals surface area contributed by atoms with Crippen LogP contribution in [0.3, 0.4) is 0 Å². The second-order valence-corrected chi connectivity index (χ2v) is 5.53. The topological polar surface area (TPSA) is 34.1 Å². The second-order valence-electron chi connectivity index (χ2n) is 4.67. The Morgan fingerprint density at radius 1 is 1.56 bits per heavy atom. The zero-order chi connectivity index (χ0) is 12.2. The Hall–Kier alpha value is -0.450. The van der Waals surface area contributed by atoms with Crippen LogP contribution in [0, 0.1) is 6.92 Å². The second kappa shape index (κ2) is 5.75. The zero-order valence-electron chi connectivity index (χ0n) is 10.8. The minimum atomic E-state index is -0.0803. The van der Waals surface area contributed by atoms with Gasteiger partial charge in [0.2, 0.25) is 0 Å². The van der Waals surface area contributed by atoms with Crippen molar-refractivity contribution < 1.29 is 4.74 Å². The average Bonchev–Trinajstić information content (AvgIpc) is 2.61. The highest BCUT2D eigenvalue weighted by Crippen LogP contribution is 2.28. The maximum atomic E-state index is 5.18. The standard InChI is InChI=1S/C12H22N2OS/c1-9(2)14-12(4,6-7-15-5)11-13-10(3)8-16-11/h8-9,14H,6-7H2,1-5H3. The first-order valence-corrected chi connectivity index (χ1v) is 6.55. The fourth-order valence-corrected chi connectivity index (χ4v) is 2.74. The zero-order valence-corrected chi connectivity index (χ0v) is 11.6. The van der Waals surface area contributed by atoms with Gasteiger partial charge >= 0.3 is 0 Å². The minimum absolute atomic E-state index is 0.0803. The Morgan fingerprint density at radius 2 is 2.25 bits per heavy atom. The van der Waals surface area contributed by atoms with Crippen LogP contribution in [0.25, 0.3) is 0 Å². The molecule has 0 aliphatic heterocycles. The third-order valence-electron chi connectivity index (χ3n) is 2.50. The summed E-state index contributed by atoms with van der Waals surface area (Å²) in [4.78, 5) is 4.59. The van der Waals surface area contributed by atoms with Crippen LogP contribution in [0.2, 0.25) is 0 Å². The molecule has 1 rings (SSSR count). The molecule has 92 valence electrons. The van der Waals surface area contributed by atoms with Crippen molar-refractivity contribution in [2.45, 2.75) is 45.7 Å². The quantitative estimate of drug-likeness (QED) is 0.833. The van der Waals surface area contributed by atoms with E-state index in [9.17, 15) is 0 Å². The lowest BCUT2D eigenvalue weighted by atomic mass is 9.98. The molecule has 0 amide bonds. The normalized spacial score (nSPS) is 15.4. The first kappa shape index (κ1) is 13.6. The minimum Gasteiger partial charge on any atom is -0.385 e. The van der Waals surface area contributed by atoms with Gasteiger partial charge < -0.3 is 10.1 Å². The summed E-state index contributed by atoms with van der Waals surface area (Å²) < 4.78 is 5.18. The molecular weight excluding hydrogens is 220 g/mol. The number of methoxy groups -OCH3 is 1. The molecular formula is C12H22N2OS. The van der Waals surface area contributed by atoms with Crippen LogP contribution in [0.5, 0.6) is 0 Å². The first-order valence-electron chi connectivity index (χ1n) is 5.67. The van der Waals surface area contributed by atoms with Gasteiger partial charge in [-0.2, -0.15) is 0 Å². The van der Waals surface area contributed by atoms with Gasteiger partial charge in [0.15, 0.2) is 0 Å². The summed E-state index contributed by atoms with van der Waals surface area (Å²) in [6.07, 6.45) is 0.939. The lowest BCUT2D eigenvalue weighted by molar-refractivity contribution is 0.155. The molecule has 16 heavy (non-hydrogen) atoms. The van der Waals surface area contributed by atoms with E-state index < -0.39 is 0 Å². The third kappa shape index (κ3) is 3.54. The van der Waals surface area contributed by atoms with Crippen molar-refractivity contribution >= 4 is 11.3 Å². The van der Waals surface area contributed by atoms with Crippen molar-refractivity contribution in [1.29, 1.82) is 0 Å². The van der Waals surface area contributed by atoms with Crippen molar-refractivity contribution in [2.75, 3.05) is 13.7 Å². The fraction of sp³-hybridized carbons (Fsp3) is 0.750. The SMILES string of the molecule is COCCC(C)(NC(C)C)c1nc(C)cs1. The molecule has 0 saturated carbocycles. The summed E-state index contributed by atoms with van der Waals surface area (Å²) in [7, 11) is 1.74. The van der Waals surface area contributed by atoms with Crippen LogP contribution in [0.1, 0.15) is 37.9 Å². The summed E-state index contributed by atoms with van der Waals surface area (Å²) in [6.45, 7) is 9.29. The molecule has 1 aromatic heterocycles. The Morgan fingerprint density at radius 3 is 2.69 bits per heavy atom. The van der Waals surface area contributed by atoms with Gasteiger partial charge in [-0.1, -0.05) is 0 Å². The van der Waals surface area contributed by atoms with Crippen LogP contribution in [-0.4, -0.2) is 24.7 Å². The van der Waals surface area contributed by atoms with Crippen molar-refractivity contribution in [2.24, 2.45) is 0 Å². The number of rotatable bonds is 6. The molecule has 1 heterocycles. The summed E-state index contributed by atoms with van der Waals surface area (Å²) in [5.74, 6) is 0. The molecule has 1 aromatic rings. The Balaban J connectivity index is 2.85. The number of nitrogens with zero attached hydrogens (tertiary/aromatic N) is 1. The Kier molecular flexibility index (Phi) is 4.89. The van der Waals surface area contributed by atoms with E-state index in [2.05, 4.69) is 36.5 Å². The van der Waals surface area contributed by atoms with Gasteiger partial charge in [-0.3, -0.25) is 0 Å². The molecule has 0 bridgehead atoms. The van der Waals surface area contributed by atoms with E-state index in [1.807, 2.05) is 6.92 Å². The third-order valence-corrected chi connectivity index (χ3v) is 3.73. The van der Waals surface area contributed by atoms with E-state index in [-0.39, 0.29) is 5.54 Å². The number of ether oxygens (including phenoxy) is 1. The highest BCUT2D eigenvalue weighted by Gasteiger charge is 2.29. The highest BCUT2D eigenvalue weighted by atomic mass is 32.1. The number of hydrogen-bond donors (Lipinski definition) is 1. The van der Waals surface area contributed by atoms with E-state index in [4.69, 9.17) is 4.74 Å². The molecule has 0 fully saturated rings. The largest absolute Gasteiger partial charge is 0.385 e. The lowest BCUT2D eigenvalue weighted by Gasteiger charge is -2.31. The van der Waals surface area contributed by atoms with Gasteiger partial charge in [0.25, 0.3) is 0 Å². The van der Waals surface area contributed by atoms with Crippen LogP contribution < -0.4 is 5.32 Å². The van der Waals surface area contributed by atoms with Gasteiger partial charge in [-0.25, -0.2) is 4.98 Å². The van der Waals surface area contributed by atoms with Gasteiger partial charge in [-0.05, 0) is 34.1 Å².